The number of Topliss-reactive ketones (excluding diaryl/α,β-unsaturated/α-hetero) is 1. The summed E-state index contributed by atoms with van der Waals surface area (Å²) in [6, 6.07) is 10.3. The molecule has 0 unspecified atom stereocenters. The summed E-state index contributed by atoms with van der Waals surface area (Å²) in [6.07, 6.45) is 0. The fraction of sp³-hybridized carbons (Fsp3) is 0.360. The number of esters is 1. The second-order valence-corrected chi connectivity index (χ2v) is 8.34. The highest BCUT2D eigenvalue weighted by atomic mass is 16.5. The van der Waals surface area contributed by atoms with E-state index in [4.69, 9.17) is 14.9 Å². The summed E-state index contributed by atoms with van der Waals surface area (Å²) >= 11 is 0. The number of ketones is 1. The average molecular weight is 452 g/mol. The largest absolute Gasteiger partial charge is 0.493 e. The van der Waals surface area contributed by atoms with Gasteiger partial charge in [0, 0.05) is 24.7 Å². The molecular formula is C25H29N3O5. The first-order chi connectivity index (χ1) is 15.6. The van der Waals surface area contributed by atoms with Crippen LogP contribution < -0.4 is 10.1 Å². The number of hydrogen-bond donors (Lipinski definition) is 2. The average Bonchev–Trinajstić information content (AvgIpc) is 3.11. The maximum atomic E-state index is 13.1. The monoisotopic (exact) mass is 451 g/mol. The van der Waals surface area contributed by atoms with Gasteiger partial charge in [-0.2, -0.15) is 0 Å². The van der Waals surface area contributed by atoms with Crippen LogP contribution in [0, 0.1) is 5.41 Å². The van der Waals surface area contributed by atoms with Gasteiger partial charge in [-0.25, -0.2) is 0 Å². The molecule has 0 aromatic heterocycles. The first-order valence-electron chi connectivity index (χ1n) is 10.7. The van der Waals surface area contributed by atoms with Gasteiger partial charge in [0.1, 0.15) is 11.6 Å². The van der Waals surface area contributed by atoms with Crippen molar-refractivity contribution in [1.82, 2.24) is 10.2 Å². The number of amides is 1. The lowest BCUT2D eigenvalue weighted by Crippen LogP contribution is -2.32. The quantitative estimate of drug-likeness (QED) is 0.472. The van der Waals surface area contributed by atoms with Gasteiger partial charge >= 0.3 is 5.97 Å². The highest BCUT2D eigenvalue weighted by molar-refractivity contribution is 6.07. The molecule has 0 fully saturated rings. The van der Waals surface area contributed by atoms with E-state index in [2.05, 4.69) is 5.32 Å². The van der Waals surface area contributed by atoms with E-state index < -0.39 is 5.41 Å². The van der Waals surface area contributed by atoms with Crippen molar-refractivity contribution < 1.29 is 23.9 Å². The number of benzene rings is 2. The van der Waals surface area contributed by atoms with Gasteiger partial charge in [0.25, 0.3) is 5.91 Å². The zero-order chi connectivity index (χ0) is 24.3. The van der Waals surface area contributed by atoms with Crippen molar-refractivity contribution in [3.05, 3.63) is 64.2 Å². The fourth-order valence-electron chi connectivity index (χ4n) is 3.87. The molecule has 2 aromatic rings. The lowest BCUT2D eigenvalue weighted by molar-refractivity contribution is -0.146. The molecule has 1 aliphatic heterocycles. The first-order valence-corrected chi connectivity index (χ1v) is 10.7. The number of amidine groups is 1. The highest BCUT2D eigenvalue weighted by Crippen LogP contribution is 2.31. The van der Waals surface area contributed by atoms with Crippen LogP contribution in [0.3, 0.4) is 0 Å². The molecule has 1 amide bonds. The van der Waals surface area contributed by atoms with Gasteiger partial charge in [-0.3, -0.25) is 19.8 Å². The molecular weight excluding hydrogens is 422 g/mol. The molecule has 0 atom stereocenters. The third kappa shape index (κ3) is 4.60. The van der Waals surface area contributed by atoms with Gasteiger partial charge in [-0.05, 0) is 50.1 Å². The van der Waals surface area contributed by atoms with Crippen LogP contribution in [0.1, 0.15) is 58.2 Å². The number of rotatable bonds is 8. The van der Waals surface area contributed by atoms with E-state index in [-0.39, 0.29) is 30.0 Å². The Kier molecular flexibility index (Phi) is 6.86. The third-order valence-electron chi connectivity index (χ3n) is 5.85. The summed E-state index contributed by atoms with van der Waals surface area (Å²) in [5.41, 5.74) is 2.02. The summed E-state index contributed by atoms with van der Waals surface area (Å²) in [5, 5.41) is 11.2. The Morgan fingerprint density at radius 1 is 1.18 bits per heavy atom. The first kappa shape index (κ1) is 24.0. The summed E-state index contributed by atoms with van der Waals surface area (Å²) < 4.78 is 10.5. The summed E-state index contributed by atoms with van der Waals surface area (Å²) in [5.74, 6) is -0.229. The number of nitrogens with zero attached hydrogens (tertiary/aromatic N) is 1. The van der Waals surface area contributed by atoms with Crippen molar-refractivity contribution in [3.63, 3.8) is 0 Å². The molecule has 0 bridgehead atoms. The van der Waals surface area contributed by atoms with Crippen molar-refractivity contribution in [2.24, 2.45) is 0 Å². The molecule has 2 N–H and O–H groups in total. The standard InChI is InChI=1S/C25H29N3O5/c1-6-33-21-11-16-13-28(22(26)18(16)12-19(21)23(30)27-4)14-20(29)15-8-7-9-17(10-15)25(2,3)24(31)32-5/h7-12,26H,6,13-14H2,1-5H3,(H,27,30). The predicted molar refractivity (Wildman–Crippen MR) is 124 cm³/mol. The fourth-order valence-corrected chi connectivity index (χ4v) is 3.87. The lowest BCUT2D eigenvalue weighted by atomic mass is 9.83. The smallest absolute Gasteiger partial charge is 0.315 e. The van der Waals surface area contributed by atoms with Crippen molar-refractivity contribution in [2.45, 2.75) is 32.7 Å². The van der Waals surface area contributed by atoms with Gasteiger partial charge in [-0.1, -0.05) is 18.2 Å². The number of fused-ring (bicyclic) bond motifs is 1. The number of ether oxygens (including phenoxy) is 2. The SMILES string of the molecule is CCOc1cc2c(cc1C(=O)NC)C(=N)N(CC(=O)c1cccc(C(C)(C)C(=O)OC)c1)C2. The number of carbonyl (C=O) groups is 3. The van der Waals surface area contributed by atoms with E-state index in [0.717, 1.165) is 5.56 Å². The van der Waals surface area contributed by atoms with Crippen LogP contribution in [-0.2, 0) is 21.5 Å². The molecule has 33 heavy (non-hydrogen) atoms. The van der Waals surface area contributed by atoms with Crippen LogP contribution in [0.4, 0.5) is 0 Å². The molecule has 0 spiro atoms. The summed E-state index contributed by atoms with van der Waals surface area (Å²) in [7, 11) is 2.87. The Bertz CT molecular complexity index is 1120. The molecule has 2 aromatic carbocycles. The summed E-state index contributed by atoms with van der Waals surface area (Å²) in [4.78, 5) is 39.2. The van der Waals surface area contributed by atoms with Crippen LogP contribution in [-0.4, -0.2) is 55.7 Å². The second kappa shape index (κ2) is 9.44. The Morgan fingerprint density at radius 2 is 1.91 bits per heavy atom. The van der Waals surface area contributed by atoms with Crippen molar-refractivity contribution in [3.8, 4) is 5.75 Å². The minimum Gasteiger partial charge on any atom is -0.493 e. The van der Waals surface area contributed by atoms with E-state index in [1.165, 1.54) is 14.2 Å². The minimum atomic E-state index is -0.895. The molecule has 0 saturated heterocycles. The van der Waals surface area contributed by atoms with Crippen molar-refractivity contribution in [1.29, 1.82) is 5.41 Å². The van der Waals surface area contributed by atoms with Crippen molar-refractivity contribution >= 4 is 23.5 Å². The predicted octanol–water partition coefficient (Wildman–Crippen LogP) is 2.92. The molecule has 0 radical (unpaired) electrons. The normalized spacial score (nSPS) is 12.9. The van der Waals surface area contributed by atoms with Gasteiger partial charge in [-0.15, -0.1) is 0 Å². The van der Waals surface area contributed by atoms with Gasteiger partial charge in [0.15, 0.2) is 5.78 Å². The van der Waals surface area contributed by atoms with Crippen LogP contribution >= 0.6 is 0 Å². The van der Waals surface area contributed by atoms with E-state index in [1.807, 2.05) is 6.92 Å². The van der Waals surface area contributed by atoms with Crippen LogP contribution in [0.2, 0.25) is 0 Å². The molecule has 174 valence electrons. The zero-order valence-electron chi connectivity index (χ0n) is 19.6. The summed E-state index contributed by atoms with van der Waals surface area (Å²) in [6.45, 7) is 6.09. The van der Waals surface area contributed by atoms with E-state index in [1.54, 1.807) is 55.1 Å². The zero-order valence-corrected chi connectivity index (χ0v) is 19.6. The molecule has 0 aliphatic carbocycles. The topological polar surface area (TPSA) is 109 Å². The molecule has 1 aliphatic rings. The maximum Gasteiger partial charge on any atom is 0.315 e. The number of hydrogen-bond acceptors (Lipinski definition) is 6. The lowest BCUT2D eigenvalue weighted by Gasteiger charge is -2.23. The highest BCUT2D eigenvalue weighted by Gasteiger charge is 2.32. The molecule has 8 nitrogen and oxygen atoms in total. The number of carbonyl (C=O) groups excluding carboxylic acids is 3. The second-order valence-electron chi connectivity index (χ2n) is 8.34. The van der Waals surface area contributed by atoms with Crippen LogP contribution in [0.5, 0.6) is 5.75 Å². The maximum absolute atomic E-state index is 13.1. The number of nitrogens with one attached hydrogen (secondary N) is 2. The Morgan fingerprint density at radius 3 is 2.55 bits per heavy atom. The Labute approximate surface area is 193 Å². The molecule has 8 heteroatoms. The van der Waals surface area contributed by atoms with E-state index >= 15 is 0 Å². The minimum absolute atomic E-state index is 0.00506. The Hall–Kier alpha value is -3.68. The van der Waals surface area contributed by atoms with Crippen LogP contribution in [0.25, 0.3) is 0 Å². The third-order valence-corrected chi connectivity index (χ3v) is 5.85. The van der Waals surface area contributed by atoms with Crippen molar-refractivity contribution in [2.75, 3.05) is 27.3 Å². The molecule has 1 heterocycles. The molecule has 0 saturated carbocycles. The molecule has 3 rings (SSSR count). The van der Waals surface area contributed by atoms with Gasteiger partial charge in [0.2, 0.25) is 0 Å². The van der Waals surface area contributed by atoms with E-state index in [9.17, 15) is 14.4 Å². The van der Waals surface area contributed by atoms with Gasteiger partial charge < -0.3 is 19.7 Å². The Balaban J connectivity index is 1.84. The van der Waals surface area contributed by atoms with E-state index in [0.29, 0.717) is 41.2 Å². The van der Waals surface area contributed by atoms with Gasteiger partial charge in [0.05, 0.1) is 31.2 Å². The number of methoxy groups -OCH3 is 1. The van der Waals surface area contributed by atoms with Crippen LogP contribution in [0.15, 0.2) is 36.4 Å².